The van der Waals surface area contributed by atoms with Gasteiger partial charge in [0, 0.05) is 18.7 Å². The smallest absolute Gasteiger partial charge is 0.102 e. The van der Waals surface area contributed by atoms with E-state index < -0.39 is 6.10 Å². The molecule has 0 radical (unpaired) electrons. The van der Waals surface area contributed by atoms with Crippen molar-refractivity contribution in [2.24, 2.45) is 5.92 Å². The highest BCUT2D eigenvalue weighted by molar-refractivity contribution is 6.31. The summed E-state index contributed by atoms with van der Waals surface area (Å²) in [4.78, 5) is 4.12. The summed E-state index contributed by atoms with van der Waals surface area (Å²) in [6, 6.07) is 3.51. The third-order valence-electron chi connectivity index (χ3n) is 2.71. The Hall–Kier alpha value is -0.640. The van der Waals surface area contributed by atoms with E-state index in [1.807, 2.05) is 0 Å². The van der Waals surface area contributed by atoms with Crippen LogP contribution in [0.5, 0.6) is 0 Å². The molecular weight excluding hydrogens is 214 g/mol. The molecule has 1 aromatic heterocycles. The van der Waals surface area contributed by atoms with Crippen LogP contribution in [-0.2, 0) is 4.74 Å². The molecule has 3 nitrogen and oxygen atoms in total. The molecule has 1 aliphatic heterocycles. The average molecular weight is 228 g/mol. The van der Waals surface area contributed by atoms with E-state index in [4.69, 9.17) is 16.3 Å². The van der Waals surface area contributed by atoms with Crippen LogP contribution in [0, 0.1) is 5.92 Å². The Kier molecular flexibility index (Phi) is 3.57. The highest BCUT2D eigenvalue weighted by Crippen LogP contribution is 2.30. The number of aliphatic hydroxyl groups is 1. The lowest BCUT2D eigenvalue weighted by atomic mass is 9.93. The van der Waals surface area contributed by atoms with Crippen LogP contribution in [0.15, 0.2) is 18.3 Å². The van der Waals surface area contributed by atoms with Gasteiger partial charge in [-0.2, -0.15) is 0 Å². The van der Waals surface area contributed by atoms with Crippen molar-refractivity contribution < 1.29 is 9.84 Å². The molecule has 0 aliphatic carbocycles. The van der Waals surface area contributed by atoms with E-state index in [2.05, 4.69) is 4.98 Å². The maximum Gasteiger partial charge on any atom is 0.102 e. The van der Waals surface area contributed by atoms with Crippen LogP contribution in [-0.4, -0.2) is 23.3 Å². The van der Waals surface area contributed by atoms with E-state index in [9.17, 15) is 5.11 Å². The van der Waals surface area contributed by atoms with Crippen LogP contribution in [0.4, 0.5) is 0 Å². The summed E-state index contributed by atoms with van der Waals surface area (Å²) >= 11 is 5.98. The lowest BCUT2D eigenvalue weighted by Gasteiger charge is -2.26. The fourth-order valence-corrected chi connectivity index (χ4v) is 2.09. The maximum absolute atomic E-state index is 10.1. The molecule has 0 amide bonds. The molecule has 1 N–H and O–H groups in total. The number of rotatable bonds is 2. The first-order valence-corrected chi connectivity index (χ1v) is 5.53. The van der Waals surface area contributed by atoms with Crippen LogP contribution in [0.2, 0.25) is 5.02 Å². The summed E-state index contributed by atoms with van der Waals surface area (Å²) < 4.78 is 5.33. The van der Waals surface area contributed by atoms with Crippen molar-refractivity contribution in [2.75, 3.05) is 13.2 Å². The number of nitrogens with zero attached hydrogens (tertiary/aromatic N) is 1. The Morgan fingerprint density at radius 2 is 2.47 bits per heavy atom. The van der Waals surface area contributed by atoms with E-state index >= 15 is 0 Å². The molecule has 2 heterocycles. The van der Waals surface area contributed by atoms with Gasteiger partial charge >= 0.3 is 0 Å². The monoisotopic (exact) mass is 227 g/mol. The van der Waals surface area contributed by atoms with Crippen molar-refractivity contribution in [3.63, 3.8) is 0 Å². The van der Waals surface area contributed by atoms with Crippen LogP contribution >= 0.6 is 11.6 Å². The van der Waals surface area contributed by atoms with Gasteiger partial charge in [0.1, 0.15) is 6.10 Å². The number of hydrogen-bond acceptors (Lipinski definition) is 3. The van der Waals surface area contributed by atoms with Crippen molar-refractivity contribution in [3.8, 4) is 0 Å². The van der Waals surface area contributed by atoms with Crippen LogP contribution in [0.1, 0.15) is 24.6 Å². The van der Waals surface area contributed by atoms with Gasteiger partial charge in [0.05, 0.1) is 17.3 Å². The summed E-state index contributed by atoms with van der Waals surface area (Å²) in [5.74, 6) is 0.117. The minimum atomic E-state index is -0.612. The van der Waals surface area contributed by atoms with Gasteiger partial charge in [-0.15, -0.1) is 0 Å². The molecular formula is C11H14ClNO2. The fourth-order valence-electron chi connectivity index (χ4n) is 1.85. The number of hydrogen-bond donors (Lipinski definition) is 1. The first-order chi connectivity index (χ1) is 7.29. The molecule has 15 heavy (non-hydrogen) atoms. The van der Waals surface area contributed by atoms with Gasteiger partial charge in [0.2, 0.25) is 0 Å². The molecule has 0 bridgehead atoms. The lowest BCUT2D eigenvalue weighted by molar-refractivity contribution is -0.0115. The summed E-state index contributed by atoms with van der Waals surface area (Å²) in [7, 11) is 0. The van der Waals surface area contributed by atoms with Crippen molar-refractivity contribution in [1.29, 1.82) is 0 Å². The third-order valence-corrected chi connectivity index (χ3v) is 3.03. The first kappa shape index (κ1) is 10.9. The van der Waals surface area contributed by atoms with Crippen molar-refractivity contribution in [2.45, 2.75) is 18.9 Å². The van der Waals surface area contributed by atoms with Crippen LogP contribution in [0.3, 0.4) is 0 Å². The van der Waals surface area contributed by atoms with E-state index in [0.29, 0.717) is 17.3 Å². The molecule has 1 aliphatic rings. The van der Waals surface area contributed by atoms with Gasteiger partial charge in [-0.25, -0.2) is 0 Å². The van der Waals surface area contributed by atoms with Crippen molar-refractivity contribution >= 4 is 11.6 Å². The standard InChI is InChI=1S/C11H14ClNO2/c12-9-4-1-5-13-10(9)11(14)8-3-2-6-15-7-8/h1,4-5,8,11,14H,2-3,6-7H2. The largest absolute Gasteiger partial charge is 0.386 e. The van der Waals surface area contributed by atoms with Crippen molar-refractivity contribution in [1.82, 2.24) is 4.98 Å². The second-order valence-electron chi connectivity index (χ2n) is 3.79. The molecule has 0 aromatic carbocycles. The molecule has 2 unspecified atom stereocenters. The molecule has 4 heteroatoms. The predicted octanol–water partition coefficient (Wildman–Crippen LogP) is 2.19. The number of aliphatic hydroxyl groups excluding tert-OH is 1. The van der Waals surface area contributed by atoms with Crippen LogP contribution < -0.4 is 0 Å². The molecule has 1 saturated heterocycles. The molecule has 1 fully saturated rings. The SMILES string of the molecule is OC(c1ncccc1Cl)C1CCCOC1. The Morgan fingerprint density at radius 3 is 3.13 bits per heavy atom. The molecule has 82 valence electrons. The fraction of sp³-hybridized carbons (Fsp3) is 0.545. The van der Waals surface area contributed by atoms with Gasteiger partial charge < -0.3 is 9.84 Å². The van der Waals surface area contributed by atoms with Gasteiger partial charge in [-0.3, -0.25) is 4.98 Å². The highest BCUT2D eigenvalue weighted by atomic mass is 35.5. The van der Waals surface area contributed by atoms with Gasteiger partial charge in [0.25, 0.3) is 0 Å². The molecule has 1 aromatic rings. The van der Waals surface area contributed by atoms with E-state index in [0.717, 1.165) is 19.4 Å². The highest BCUT2D eigenvalue weighted by Gasteiger charge is 2.25. The Bertz CT molecular complexity index is 326. The van der Waals surface area contributed by atoms with Gasteiger partial charge in [-0.05, 0) is 25.0 Å². The van der Waals surface area contributed by atoms with E-state index in [1.54, 1.807) is 18.3 Å². The molecule has 2 atom stereocenters. The minimum absolute atomic E-state index is 0.117. The van der Waals surface area contributed by atoms with E-state index in [1.165, 1.54) is 0 Å². The summed E-state index contributed by atoms with van der Waals surface area (Å²) in [6.45, 7) is 1.38. The zero-order valence-electron chi connectivity index (χ0n) is 8.40. The second-order valence-corrected chi connectivity index (χ2v) is 4.20. The predicted molar refractivity (Wildman–Crippen MR) is 57.7 cm³/mol. The number of aromatic nitrogens is 1. The number of halogens is 1. The van der Waals surface area contributed by atoms with Crippen molar-refractivity contribution in [3.05, 3.63) is 29.0 Å². The number of ether oxygens (including phenoxy) is 1. The summed E-state index contributed by atoms with van der Waals surface area (Å²) in [5.41, 5.74) is 0.565. The quantitative estimate of drug-likeness (QED) is 0.842. The molecule has 0 spiro atoms. The average Bonchev–Trinajstić information content (AvgIpc) is 2.30. The normalized spacial score (nSPS) is 23.7. The van der Waals surface area contributed by atoms with Gasteiger partial charge in [-0.1, -0.05) is 11.6 Å². The lowest BCUT2D eigenvalue weighted by Crippen LogP contribution is -2.24. The molecule has 0 saturated carbocycles. The zero-order chi connectivity index (χ0) is 10.7. The Labute approximate surface area is 94.0 Å². The minimum Gasteiger partial charge on any atom is -0.386 e. The topological polar surface area (TPSA) is 42.4 Å². The zero-order valence-corrected chi connectivity index (χ0v) is 9.15. The van der Waals surface area contributed by atoms with E-state index in [-0.39, 0.29) is 5.92 Å². The second kappa shape index (κ2) is 4.92. The number of pyridine rings is 1. The summed E-state index contributed by atoms with van der Waals surface area (Å²) in [6.07, 6.45) is 2.99. The third kappa shape index (κ3) is 2.48. The maximum atomic E-state index is 10.1. The Morgan fingerprint density at radius 1 is 1.60 bits per heavy atom. The first-order valence-electron chi connectivity index (χ1n) is 5.15. The van der Waals surface area contributed by atoms with Gasteiger partial charge in [0.15, 0.2) is 0 Å². The van der Waals surface area contributed by atoms with Crippen LogP contribution in [0.25, 0.3) is 0 Å². The Balaban J connectivity index is 2.12. The molecule has 2 rings (SSSR count). The summed E-state index contributed by atoms with van der Waals surface area (Å²) in [5, 5.41) is 10.6.